The third-order valence-electron chi connectivity index (χ3n) is 3.01. The van der Waals surface area contributed by atoms with E-state index in [1.54, 1.807) is 24.9 Å². The summed E-state index contributed by atoms with van der Waals surface area (Å²) in [6, 6.07) is 6.84. The van der Waals surface area contributed by atoms with E-state index >= 15 is 0 Å². The Morgan fingerprint density at radius 2 is 2.24 bits per heavy atom. The highest BCUT2D eigenvalue weighted by Crippen LogP contribution is 2.32. The number of nitrogens with zero attached hydrogens (tertiary/aromatic N) is 1. The molecule has 6 heteroatoms. The fourth-order valence-electron chi connectivity index (χ4n) is 1.83. The van der Waals surface area contributed by atoms with Crippen LogP contribution in [0.5, 0.6) is 0 Å². The summed E-state index contributed by atoms with van der Waals surface area (Å²) < 4.78 is 13.7. The van der Waals surface area contributed by atoms with Crippen molar-refractivity contribution >= 4 is 29.0 Å². The number of hydrogen-bond acceptors (Lipinski definition) is 4. The molecule has 2 rings (SSSR count). The van der Waals surface area contributed by atoms with Gasteiger partial charge in [-0.1, -0.05) is 18.2 Å². The summed E-state index contributed by atoms with van der Waals surface area (Å²) in [4.78, 5) is 15.7. The van der Waals surface area contributed by atoms with E-state index in [4.69, 9.17) is 0 Å². The molecule has 0 saturated carbocycles. The summed E-state index contributed by atoms with van der Waals surface area (Å²) in [5.74, 6) is 0.499. The van der Waals surface area contributed by atoms with Crippen LogP contribution in [-0.2, 0) is 17.0 Å². The smallest absolute Gasteiger partial charge is 0.226 e. The van der Waals surface area contributed by atoms with Gasteiger partial charge in [0.1, 0.15) is 10.8 Å². The molecule has 0 fully saturated rings. The van der Waals surface area contributed by atoms with Gasteiger partial charge in [0.15, 0.2) is 0 Å². The molecule has 21 heavy (non-hydrogen) atoms. The molecule has 1 aromatic carbocycles. The second-order valence-electron chi connectivity index (χ2n) is 4.56. The van der Waals surface area contributed by atoms with E-state index in [1.165, 1.54) is 17.4 Å². The number of aromatic nitrogens is 1. The van der Waals surface area contributed by atoms with Crippen molar-refractivity contribution in [1.29, 1.82) is 0 Å². The lowest BCUT2D eigenvalue weighted by Crippen LogP contribution is -2.19. The Balaban J connectivity index is 1.91. The summed E-state index contributed by atoms with van der Waals surface area (Å²) >= 11 is 3.12. The Morgan fingerprint density at radius 3 is 2.95 bits per heavy atom. The number of rotatable bonds is 6. The third kappa shape index (κ3) is 4.54. The number of thioether (sulfide) groups is 1. The molecule has 0 spiro atoms. The molecule has 0 radical (unpaired) electrons. The van der Waals surface area contributed by atoms with Crippen molar-refractivity contribution in [2.24, 2.45) is 0 Å². The minimum atomic E-state index is -0.170. The van der Waals surface area contributed by atoms with Gasteiger partial charge in [0.25, 0.3) is 0 Å². The Morgan fingerprint density at radius 1 is 1.48 bits per heavy atom. The standard InChI is InChI=1S/C15H17FN2OS2/c1-10(12-5-3-4-6-13(12)16)20-8-11-9-21-15(18-11)7-14(19)17-2/h3-6,9-10H,7-8H2,1-2H3,(H,17,19). The minimum absolute atomic E-state index is 0.0386. The predicted molar refractivity (Wildman–Crippen MR) is 86.0 cm³/mol. The van der Waals surface area contributed by atoms with Gasteiger partial charge in [0.05, 0.1) is 12.1 Å². The lowest BCUT2D eigenvalue weighted by molar-refractivity contribution is -0.119. The first-order valence-corrected chi connectivity index (χ1v) is 8.53. The Bertz CT molecular complexity index is 615. The van der Waals surface area contributed by atoms with Gasteiger partial charge in [-0.2, -0.15) is 0 Å². The van der Waals surface area contributed by atoms with Gasteiger partial charge in [-0.25, -0.2) is 9.37 Å². The van der Waals surface area contributed by atoms with Gasteiger partial charge in [-0.05, 0) is 13.0 Å². The molecule has 2 aromatic rings. The second kappa shape index (κ2) is 7.56. The van der Waals surface area contributed by atoms with Gasteiger partial charge in [0, 0.05) is 29.0 Å². The monoisotopic (exact) mass is 324 g/mol. The van der Waals surface area contributed by atoms with E-state index in [1.807, 2.05) is 24.4 Å². The minimum Gasteiger partial charge on any atom is -0.359 e. The van der Waals surface area contributed by atoms with Crippen LogP contribution in [0.2, 0.25) is 0 Å². The molecule has 1 aromatic heterocycles. The predicted octanol–water partition coefficient (Wildman–Crippen LogP) is 3.57. The quantitative estimate of drug-likeness (QED) is 0.883. The van der Waals surface area contributed by atoms with E-state index in [9.17, 15) is 9.18 Å². The molecule has 1 N–H and O–H groups in total. The van der Waals surface area contributed by atoms with Crippen molar-refractivity contribution in [1.82, 2.24) is 10.3 Å². The number of likely N-dealkylation sites (N-methyl/N-ethyl adjacent to an activating group) is 1. The molecule has 112 valence electrons. The molecule has 1 amide bonds. The van der Waals surface area contributed by atoms with Crippen LogP contribution in [0.15, 0.2) is 29.6 Å². The van der Waals surface area contributed by atoms with Crippen molar-refractivity contribution in [2.45, 2.75) is 24.3 Å². The molecule has 0 saturated heterocycles. The second-order valence-corrected chi connectivity index (χ2v) is 6.83. The summed E-state index contributed by atoms with van der Waals surface area (Å²) in [6.45, 7) is 1.99. The number of carbonyl (C=O) groups excluding carboxylic acids is 1. The highest BCUT2D eigenvalue weighted by molar-refractivity contribution is 7.98. The van der Waals surface area contributed by atoms with Crippen LogP contribution in [0.1, 0.15) is 28.4 Å². The van der Waals surface area contributed by atoms with Crippen LogP contribution in [0, 0.1) is 5.82 Å². The van der Waals surface area contributed by atoms with Crippen LogP contribution in [0.25, 0.3) is 0 Å². The largest absolute Gasteiger partial charge is 0.359 e. The van der Waals surface area contributed by atoms with Crippen molar-refractivity contribution in [3.8, 4) is 0 Å². The molecular weight excluding hydrogens is 307 g/mol. The maximum absolute atomic E-state index is 13.7. The van der Waals surface area contributed by atoms with Gasteiger partial charge in [-0.15, -0.1) is 23.1 Å². The lowest BCUT2D eigenvalue weighted by atomic mass is 10.1. The van der Waals surface area contributed by atoms with Crippen LogP contribution in [0.3, 0.4) is 0 Å². The number of amides is 1. The lowest BCUT2D eigenvalue weighted by Gasteiger charge is -2.11. The number of halogens is 1. The molecular formula is C15H17FN2OS2. The van der Waals surface area contributed by atoms with Gasteiger partial charge in [0.2, 0.25) is 5.91 Å². The van der Waals surface area contributed by atoms with Crippen LogP contribution in [0.4, 0.5) is 4.39 Å². The average Bonchev–Trinajstić information content (AvgIpc) is 2.92. The molecule has 3 nitrogen and oxygen atoms in total. The fourth-order valence-corrected chi connectivity index (χ4v) is 3.66. The molecule has 0 bridgehead atoms. The highest BCUT2D eigenvalue weighted by atomic mass is 32.2. The van der Waals surface area contributed by atoms with E-state index in [2.05, 4.69) is 10.3 Å². The summed E-state index contributed by atoms with van der Waals surface area (Å²) in [5, 5.41) is 5.41. The van der Waals surface area contributed by atoms with Crippen LogP contribution < -0.4 is 5.32 Å². The summed E-state index contributed by atoms with van der Waals surface area (Å²) in [5.41, 5.74) is 1.65. The zero-order valence-electron chi connectivity index (χ0n) is 11.9. The average molecular weight is 324 g/mol. The van der Waals surface area contributed by atoms with Crippen molar-refractivity contribution < 1.29 is 9.18 Å². The fraction of sp³-hybridized carbons (Fsp3) is 0.333. The zero-order valence-corrected chi connectivity index (χ0v) is 13.6. The molecule has 1 heterocycles. The third-order valence-corrected chi connectivity index (χ3v) is 5.13. The number of hydrogen-bond donors (Lipinski definition) is 1. The Labute approximate surface area is 132 Å². The topological polar surface area (TPSA) is 42.0 Å². The van der Waals surface area contributed by atoms with Gasteiger partial charge in [-0.3, -0.25) is 4.79 Å². The van der Waals surface area contributed by atoms with E-state index in [0.717, 1.165) is 10.7 Å². The highest BCUT2D eigenvalue weighted by Gasteiger charge is 2.12. The van der Waals surface area contributed by atoms with Gasteiger partial charge < -0.3 is 5.32 Å². The van der Waals surface area contributed by atoms with E-state index in [0.29, 0.717) is 17.7 Å². The molecule has 0 aliphatic rings. The van der Waals surface area contributed by atoms with E-state index in [-0.39, 0.29) is 17.0 Å². The van der Waals surface area contributed by atoms with Crippen molar-refractivity contribution in [2.75, 3.05) is 7.05 Å². The first kappa shape index (κ1) is 16.0. The van der Waals surface area contributed by atoms with Crippen molar-refractivity contribution in [3.05, 3.63) is 51.7 Å². The number of benzene rings is 1. The van der Waals surface area contributed by atoms with Crippen LogP contribution >= 0.6 is 23.1 Å². The molecule has 0 aliphatic heterocycles. The normalized spacial score (nSPS) is 12.1. The summed E-state index contributed by atoms with van der Waals surface area (Å²) in [6.07, 6.45) is 0.314. The number of thiazole rings is 1. The maximum Gasteiger partial charge on any atom is 0.226 e. The molecule has 1 unspecified atom stereocenters. The Hall–Kier alpha value is -1.40. The number of carbonyl (C=O) groups is 1. The first-order chi connectivity index (χ1) is 10.1. The molecule has 1 atom stereocenters. The Kier molecular flexibility index (Phi) is 5.76. The van der Waals surface area contributed by atoms with E-state index < -0.39 is 0 Å². The first-order valence-electron chi connectivity index (χ1n) is 6.60. The van der Waals surface area contributed by atoms with Crippen LogP contribution in [-0.4, -0.2) is 17.9 Å². The maximum atomic E-state index is 13.7. The number of nitrogens with one attached hydrogen (secondary N) is 1. The van der Waals surface area contributed by atoms with Crippen molar-refractivity contribution in [3.63, 3.8) is 0 Å². The zero-order chi connectivity index (χ0) is 15.2. The van der Waals surface area contributed by atoms with Gasteiger partial charge >= 0.3 is 0 Å². The summed E-state index contributed by atoms with van der Waals surface area (Å²) in [7, 11) is 1.61. The SMILES string of the molecule is CNC(=O)Cc1nc(CSC(C)c2ccccc2F)cs1. The molecule has 0 aliphatic carbocycles.